The van der Waals surface area contributed by atoms with Crippen LogP contribution in [0.25, 0.3) is 0 Å². The van der Waals surface area contributed by atoms with E-state index in [1.165, 1.54) is 0 Å². The van der Waals surface area contributed by atoms with Crippen molar-refractivity contribution in [2.45, 2.75) is 20.5 Å². The molecule has 0 radical (unpaired) electrons. The van der Waals surface area contributed by atoms with Crippen LogP contribution in [-0.2, 0) is 0 Å². The highest BCUT2D eigenvalue weighted by Gasteiger charge is 2.67. The molecule has 1 unspecified atom stereocenters. The highest BCUT2D eigenvalue weighted by Crippen LogP contribution is 2.44. The molecule has 13 heteroatoms. The van der Waals surface area contributed by atoms with Crippen LogP contribution in [0.4, 0.5) is 0 Å². The summed E-state index contributed by atoms with van der Waals surface area (Å²) in [6, 6.07) is 0. The van der Waals surface area contributed by atoms with E-state index in [4.69, 9.17) is 57.3 Å². The van der Waals surface area contributed by atoms with Crippen molar-refractivity contribution < 1.29 is 0 Å². The molecule has 12 nitrogen and oxygen atoms in total. The van der Waals surface area contributed by atoms with Crippen LogP contribution in [0.1, 0.15) is 0 Å². The fraction of sp³-hybridized carbons (Fsp3) is 0.444. The normalized spacial score (nSPS) is 30.5. The third-order valence-corrected chi connectivity index (χ3v) is 5.24. The zero-order valence-electron chi connectivity index (χ0n) is 11.8. The van der Waals surface area contributed by atoms with Crippen LogP contribution in [0.15, 0.2) is 27.9 Å². The Bertz CT molecular complexity index is 557. The Labute approximate surface area is 140 Å². The quantitative estimate of drug-likeness (QED) is 0.0505. The Morgan fingerprint density at radius 1 is 1.00 bits per heavy atom. The molecule has 1 atom stereocenters. The molecule has 0 aromatic rings. The number of nitrogens with one attached hydrogen (secondary N) is 1. The van der Waals surface area contributed by atoms with E-state index in [1.807, 2.05) is 0 Å². The smallest absolute Gasteiger partial charge is 0.141 e. The molecule has 0 aliphatic heterocycles. The van der Waals surface area contributed by atoms with Crippen molar-refractivity contribution in [2.75, 3.05) is 0 Å². The fourth-order valence-corrected chi connectivity index (χ4v) is 3.12. The minimum absolute atomic E-state index is 0.00303. The highest BCUT2D eigenvalue weighted by molar-refractivity contribution is 14.1. The number of hydrazone groups is 1. The lowest BCUT2D eigenvalue weighted by molar-refractivity contribution is 0.105. The number of hydrogen-bond donors (Lipinski definition) is 11. The predicted octanol–water partition coefficient (Wildman–Crippen LogP) is -5.56. The Morgan fingerprint density at radius 2 is 1.45 bits per heavy atom. The molecule has 1 aliphatic rings. The zero-order chi connectivity index (χ0) is 17.7. The number of halogens is 1. The first kappa shape index (κ1) is 18.8. The van der Waals surface area contributed by atoms with E-state index in [0.717, 1.165) is 0 Å². The first-order valence-electron chi connectivity index (χ1n) is 5.87. The second-order valence-electron chi connectivity index (χ2n) is 5.20. The van der Waals surface area contributed by atoms with E-state index in [9.17, 15) is 0 Å². The average molecular weight is 426 g/mol. The number of alkyl halides is 1. The number of hydrogen-bond acceptors (Lipinski definition) is 12. The van der Waals surface area contributed by atoms with Crippen LogP contribution < -0.4 is 62.8 Å². The molecule has 0 aromatic carbocycles. The molecule has 22 heavy (non-hydrogen) atoms. The van der Waals surface area contributed by atoms with Crippen molar-refractivity contribution in [2.24, 2.45) is 62.4 Å². The lowest BCUT2D eigenvalue weighted by atomic mass is 9.68. The minimum Gasteiger partial charge on any atom is -0.399 e. The summed E-state index contributed by atoms with van der Waals surface area (Å²) in [4.78, 5) is 0. The Morgan fingerprint density at radius 3 is 1.86 bits per heavy atom. The summed E-state index contributed by atoms with van der Waals surface area (Å²) in [5.74, 6) is -0.104. The van der Waals surface area contributed by atoms with Gasteiger partial charge in [0.1, 0.15) is 26.4 Å². The summed E-state index contributed by atoms with van der Waals surface area (Å²) in [6.07, 6.45) is 0. The molecule has 0 aromatic heterocycles. The lowest BCUT2D eigenvalue weighted by Gasteiger charge is -2.59. The summed E-state index contributed by atoms with van der Waals surface area (Å²) < 4.78 is -1.64. The number of nitrogens with two attached hydrogens (primary N) is 10. The molecule has 0 bridgehead atoms. The topological polar surface area (TPSA) is 285 Å². The van der Waals surface area contributed by atoms with Gasteiger partial charge in [-0.2, -0.15) is 5.10 Å². The second-order valence-corrected chi connectivity index (χ2v) is 6.91. The largest absolute Gasteiger partial charge is 0.399 e. The van der Waals surface area contributed by atoms with E-state index >= 15 is 0 Å². The Hall–Kier alpha value is -1.20. The van der Waals surface area contributed by atoms with Gasteiger partial charge in [-0.3, -0.25) is 5.43 Å². The Kier molecular flexibility index (Phi) is 4.43. The van der Waals surface area contributed by atoms with Gasteiger partial charge in [-0.25, -0.2) is 0 Å². The van der Waals surface area contributed by atoms with Gasteiger partial charge in [0.25, 0.3) is 0 Å². The summed E-state index contributed by atoms with van der Waals surface area (Å²) >= 11 is 1.70. The molecule has 0 amide bonds. The number of rotatable bonds is 3. The van der Waals surface area contributed by atoms with Gasteiger partial charge in [0, 0.05) is 12.3 Å². The van der Waals surface area contributed by atoms with Crippen molar-refractivity contribution in [3.05, 3.63) is 22.8 Å². The van der Waals surface area contributed by atoms with Crippen LogP contribution >= 0.6 is 22.6 Å². The van der Waals surface area contributed by atoms with Gasteiger partial charge in [0.2, 0.25) is 0 Å². The maximum atomic E-state index is 6.21. The van der Waals surface area contributed by atoms with Gasteiger partial charge in [0.15, 0.2) is 0 Å². The number of nitrogens with zero attached hydrogens (tertiary/aromatic N) is 1. The van der Waals surface area contributed by atoms with Crippen LogP contribution in [0.3, 0.4) is 0 Å². The molecule has 126 valence electrons. The van der Waals surface area contributed by atoms with Crippen molar-refractivity contribution in [1.29, 1.82) is 0 Å². The summed E-state index contributed by atoms with van der Waals surface area (Å²) in [6.45, 7) is 3.21. The molecule has 21 N–H and O–H groups in total. The van der Waals surface area contributed by atoms with Crippen LogP contribution in [0, 0.1) is 0 Å². The molecular formula is C9H23IN12. The van der Waals surface area contributed by atoms with Crippen molar-refractivity contribution in [3.63, 3.8) is 0 Å². The average Bonchev–Trinajstić information content (AvgIpc) is 2.36. The summed E-state index contributed by atoms with van der Waals surface area (Å²) in [5, 5.41) is 3.38. The van der Waals surface area contributed by atoms with E-state index in [-0.39, 0.29) is 22.8 Å². The van der Waals surface area contributed by atoms with E-state index < -0.39 is 20.5 Å². The predicted molar refractivity (Wildman–Crippen MR) is 93.6 cm³/mol. The van der Waals surface area contributed by atoms with Crippen molar-refractivity contribution >= 4 is 29.3 Å². The highest BCUT2D eigenvalue weighted by atomic mass is 127. The third kappa shape index (κ3) is 2.14. The SMILES string of the molecule is C=NN/C(N)=C(\N)C1=C(N)C(N)(N)C(N)(N)C(N)(N)C1(N)I. The Balaban J connectivity index is 3.82. The molecule has 0 heterocycles. The zero-order valence-corrected chi connectivity index (χ0v) is 14.0. The van der Waals surface area contributed by atoms with E-state index in [2.05, 4.69) is 17.2 Å². The molecule has 0 saturated heterocycles. The van der Waals surface area contributed by atoms with Gasteiger partial charge in [-0.05, 0) is 0 Å². The first-order valence-corrected chi connectivity index (χ1v) is 6.94. The van der Waals surface area contributed by atoms with Gasteiger partial charge in [-0.1, -0.05) is 22.6 Å². The standard InChI is InChI=1S/C9H23IN12/c1-21-22-5(13)3(11)2-4(12)7(15,16)9(19,20)8(17,18)6(2,10)14/h22H,1,11-20H2/b5-3-. The fourth-order valence-electron chi connectivity index (χ4n) is 2.10. The maximum absolute atomic E-state index is 6.21. The van der Waals surface area contributed by atoms with Gasteiger partial charge < -0.3 is 57.3 Å². The van der Waals surface area contributed by atoms with E-state index in [0.29, 0.717) is 0 Å². The van der Waals surface area contributed by atoms with Crippen molar-refractivity contribution in [1.82, 2.24) is 5.43 Å². The summed E-state index contributed by atoms with van der Waals surface area (Å²) in [5.41, 5.74) is 55.7. The van der Waals surface area contributed by atoms with Crippen LogP contribution in [0.2, 0.25) is 0 Å². The summed E-state index contributed by atoms with van der Waals surface area (Å²) in [7, 11) is 0. The second kappa shape index (κ2) is 5.17. The van der Waals surface area contributed by atoms with Crippen LogP contribution in [-0.4, -0.2) is 27.3 Å². The minimum atomic E-state index is -2.05. The molecule has 0 fully saturated rings. The lowest BCUT2D eigenvalue weighted by Crippen LogP contribution is -2.97. The maximum Gasteiger partial charge on any atom is 0.141 e. The molecule has 0 spiro atoms. The van der Waals surface area contributed by atoms with Crippen molar-refractivity contribution in [3.8, 4) is 0 Å². The first-order chi connectivity index (χ1) is 9.67. The molecule has 1 aliphatic carbocycles. The van der Waals surface area contributed by atoms with Gasteiger partial charge in [-0.15, -0.1) is 0 Å². The van der Waals surface area contributed by atoms with Gasteiger partial charge in [0.05, 0.1) is 11.4 Å². The third-order valence-electron chi connectivity index (χ3n) is 3.81. The van der Waals surface area contributed by atoms with Crippen LogP contribution in [0.5, 0.6) is 0 Å². The van der Waals surface area contributed by atoms with Gasteiger partial charge >= 0.3 is 0 Å². The molecule has 1 rings (SSSR count). The molecule has 0 saturated carbocycles. The molecular weight excluding hydrogens is 403 g/mol. The van der Waals surface area contributed by atoms with E-state index in [1.54, 1.807) is 22.6 Å². The monoisotopic (exact) mass is 426 g/mol.